The Morgan fingerprint density at radius 3 is 2.53 bits per heavy atom. The number of aliphatic imine (C=N–C) groups is 1. The molecule has 0 fully saturated rings. The van der Waals surface area contributed by atoms with Crippen molar-refractivity contribution in [2.75, 3.05) is 0 Å². The van der Waals surface area contributed by atoms with Crippen LogP contribution in [0.1, 0.15) is 12.5 Å². The van der Waals surface area contributed by atoms with Crippen molar-refractivity contribution in [3.05, 3.63) is 47.7 Å². The van der Waals surface area contributed by atoms with Crippen LogP contribution in [0.2, 0.25) is 0 Å². The highest BCUT2D eigenvalue weighted by Crippen LogP contribution is 2.08. The summed E-state index contributed by atoms with van der Waals surface area (Å²) in [6.45, 7) is 1.85. The third kappa shape index (κ3) is 2.66. The van der Waals surface area contributed by atoms with Crippen LogP contribution in [-0.4, -0.2) is 17.5 Å². The second-order valence-corrected chi connectivity index (χ2v) is 3.66. The predicted octanol–water partition coefficient (Wildman–Crippen LogP) is 1.66. The molecule has 4 nitrogen and oxygen atoms in total. The van der Waals surface area contributed by atoms with Gasteiger partial charge in [-0.1, -0.05) is 30.3 Å². The van der Waals surface area contributed by atoms with Crippen LogP contribution >= 0.6 is 0 Å². The quantitative estimate of drug-likeness (QED) is 0.724. The lowest BCUT2D eigenvalue weighted by Crippen LogP contribution is -2.29. The molecular formula is C13H11NO3. The molecule has 4 heteroatoms. The molecule has 0 aliphatic carbocycles. The topological polar surface area (TPSA) is 55.7 Å². The molecule has 1 aliphatic rings. The third-order valence-electron chi connectivity index (χ3n) is 2.28. The minimum Gasteiger partial charge on any atom is -0.426 e. The van der Waals surface area contributed by atoms with E-state index in [1.54, 1.807) is 6.92 Å². The second-order valence-electron chi connectivity index (χ2n) is 3.66. The van der Waals surface area contributed by atoms with Gasteiger partial charge >= 0.3 is 5.97 Å². The Balaban J connectivity index is 2.18. The van der Waals surface area contributed by atoms with E-state index in [-0.39, 0.29) is 5.71 Å². The number of esters is 1. The molecule has 17 heavy (non-hydrogen) atoms. The molecule has 0 unspecified atom stereocenters. The summed E-state index contributed by atoms with van der Waals surface area (Å²) in [6, 6.07) is 9.40. The summed E-state index contributed by atoms with van der Waals surface area (Å²) in [4.78, 5) is 26.9. The number of hydrogen-bond acceptors (Lipinski definition) is 4. The maximum Gasteiger partial charge on any atom is 0.365 e. The van der Waals surface area contributed by atoms with Crippen molar-refractivity contribution in [3.8, 4) is 0 Å². The first-order chi connectivity index (χ1) is 8.16. The Morgan fingerprint density at radius 2 is 1.88 bits per heavy atom. The maximum absolute atomic E-state index is 11.5. The smallest absolute Gasteiger partial charge is 0.365 e. The van der Waals surface area contributed by atoms with Crippen LogP contribution in [0.3, 0.4) is 0 Å². The van der Waals surface area contributed by atoms with E-state index in [0.29, 0.717) is 12.3 Å². The average molecular weight is 229 g/mol. The van der Waals surface area contributed by atoms with Crippen LogP contribution in [0.4, 0.5) is 0 Å². The van der Waals surface area contributed by atoms with Crippen LogP contribution in [0.25, 0.3) is 0 Å². The number of carbonyl (C=O) groups is 2. The average Bonchev–Trinajstić information content (AvgIpc) is 2.29. The van der Waals surface area contributed by atoms with E-state index < -0.39 is 11.8 Å². The van der Waals surface area contributed by atoms with Crippen molar-refractivity contribution in [1.82, 2.24) is 0 Å². The summed E-state index contributed by atoms with van der Waals surface area (Å²) in [6.07, 6.45) is 1.27. The Morgan fingerprint density at radius 1 is 1.18 bits per heavy atom. The van der Waals surface area contributed by atoms with Gasteiger partial charge in [-0.15, -0.1) is 0 Å². The molecule has 0 radical (unpaired) electrons. The van der Waals surface area contributed by atoms with Gasteiger partial charge in [0.05, 0.1) is 6.54 Å². The standard InChI is InChI=1S/C13H11NO3/c1-9-7-11(15)12(13(16)17-9)14-8-10-5-3-2-4-6-10/h2-7H,8H2,1H3. The molecule has 0 atom stereocenters. The van der Waals surface area contributed by atoms with E-state index in [9.17, 15) is 9.59 Å². The second kappa shape index (κ2) is 4.74. The Kier molecular flexibility index (Phi) is 3.14. The van der Waals surface area contributed by atoms with E-state index in [1.807, 2.05) is 30.3 Å². The number of ether oxygens (including phenoxy) is 1. The molecule has 1 aromatic rings. The van der Waals surface area contributed by atoms with Crippen LogP contribution < -0.4 is 0 Å². The number of cyclic esters (lactones) is 1. The van der Waals surface area contributed by atoms with E-state index in [2.05, 4.69) is 4.99 Å². The Hall–Kier alpha value is -2.23. The number of rotatable bonds is 2. The fraction of sp³-hybridized carbons (Fsp3) is 0.154. The van der Waals surface area contributed by atoms with Gasteiger partial charge in [0.15, 0.2) is 5.71 Å². The number of ketones is 1. The molecule has 0 saturated heterocycles. The Bertz CT molecular complexity index is 515. The first kappa shape index (κ1) is 11.3. The summed E-state index contributed by atoms with van der Waals surface area (Å²) >= 11 is 0. The highest BCUT2D eigenvalue weighted by atomic mass is 16.5. The molecule has 0 amide bonds. The summed E-state index contributed by atoms with van der Waals surface area (Å²) in [7, 11) is 0. The molecule has 2 rings (SSSR count). The first-order valence-corrected chi connectivity index (χ1v) is 5.20. The van der Waals surface area contributed by atoms with Gasteiger partial charge in [-0.3, -0.25) is 9.79 Å². The molecule has 86 valence electrons. The summed E-state index contributed by atoms with van der Waals surface area (Å²) < 4.78 is 4.83. The minimum absolute atomic E-state index is 0.139. The number of benzene rings is 1. The zero-order chi connectivity index (χ0) is 12.3. The number of nitrogens with zero attached hydrogens (tertiary/aromatic N) is 1. The van der Waals surface area contributed by atoms with Crippen LogP contribution in [0.15, 0.2) is 47.2 Å². The van der Waals surface area contributed by atoms with E-state index in [1.165, 1.54) is 6.08 Å². The molecule has 1 heterocycles. The highest BCUT2D eigenvalue weighted by molar-refractivity contribution is 6.67. The van der Waals surface area contributed by atoms with Crippen LogP contribution in [-0.2, 0) is 20.9 Å². The van der Waals surface area contributed by atoms with Crippen molar-refractivity contribution >= 4 is 17.5 Å². The van der Waals surface area contributed by atoms with Gasteiger partial charge in [-0.25, -0.2) is 4.79 Å². The van der Waals surface area contributed by atoms with Crippen molar-refractivity contribution in [2.24, 2.45) is 4.99 Å². The van der Waals surface area contributed by atoms with Gasteiger partial charge in [0.2, 0.25) is 5.78 Å². The van der Waals surface area contributed by atoms with Gasteiger partial charge in [-0.2, -0.15) is 0 Å². The van der Waals surface area contributed by atoms with E-state index in [4.69, 9.17) is 4.74 Å². The largest absolute Gasteiger partial charge is 0.426 e. The normalized spacial score (nSPS) is 17.9. The van der Waals surface area contributed by atoms with Gasteiger partial charge < -0.3 is 4.74 Å². The van der Waals surface area contributed by atoms with Crippen molar-refractivity contribution in [2.45, 2.75) is 13.5 Å². The molecule has 0 aromatic heterocycles. The van der Waals surface area contributed by atoms with E-state index in [0.717, 1.165) is 5.56 Å². The zero-order valence-corrected chi connectivity index (χ0v) is 9.34. The van der Waals surface area contributed by atoms with Crippen LogP contribution in [0, 0.1) is 0 Å². The molecule has 0 saturated carbocycles. The SMILES string of the molecule is CC1=CC(=O)C(=NCc2ccccc2)C(=O)O1. The zero-order valence-electron chi connectivity index (χ0n) is 9.34. The summed E-state index contributed by atoms with van der Waals surface area (Å²) in [5.74, 6) is -0.765. The fourth-order valence-corrected chi connectivity index (χ4v) is 1.47. The molecule has 1 aliphatic heterocycles. The number of allylic oxidation sites excluding steroid dienone is 2. The summed E-state index contributed by atoms with van der Waals surface area (Å²) in [5.41, 5.74) is 0.798. The predicted molar refractivity (Wildman–Crippen MR) is 62.4 cm³/mol. The Labute approximate surface area is 98.6 Å². The molecule has 0 bridgehead atoms. The van der Waals surface area contributed by atoms with Gasteiger partial charge in [0.25, 0.3) is 0 Å². The number of hydrogen-bond donors (Lipinski definition) is 0. The highest BCUT2D eigenvalue weighted by Gasteiger charge is 2.25. The molecule has 1 aromatic carbocycles. The maximum atomic E-state index is 11.5. The van der Waals surface area contributed by atoms with Gasteiger partial charge in [0.1, 0.15) is 5.76 Å². The van der Waals surface area contributed by atoms with Crippen molar-refractivity contribution < 1.29 is 14.3 Å². The van der Waals surface area contributed by atoms with Crippen molar-refractivity contribution in [1.29, 1.82) is 0 Å². The molecular weight excluding hydrogens is 218 g/mol. The first-order valence-electron chi connectivity index (χ1n) is 5.20. The minimum atomic E-state index is -0.675. The molecule has 0 N–H and O–H groups in total. The van der Waals surface area contributed by atoms with Crippen LogP contribution in [0.5, 0.6) is 0 Å². The van der Waals surface area contributed by atoms with E-state index >= 15 is 0 Å². The fourth-order valence-electron chi connectivity index (χ4n) is 1.47. The lowest BCUT2D eigenvalue weighted by atomic mass is 10.1. The summed E-state index contributed by atoms with van der Waals surface area (Å²) in [5, 5.41) is 0. The van der Waals surface area contributed by atoms with Gasteiger partial charge in [-0.05, 0) is 12.5 Å². The van der Waals surface area contributed by atoms with Crippen molar-refractivity contribution in [3.63, 3.8) is 0 Å². The van der Waals surface area contributed by atoms with Gasteiger partial charge in [0, 0.05) is 6.08 Å². The molecule has 0 spiro atoms. The number of carbonyl (C=O) groups excluding carboxylic acids is 2. The lowest BCUT2D eigenvalue weighted by Gasteiger charge is -2.10. The monoisotopic (exact) mass is 229 g/mol. The lowest BCUT2D eigenvalue weighted by molar-refractivity contribution is -0.133. The third-order valence-corrected chi connectivity index (χ3v) is 2.28.